The summed E-state index contributed by atoms with van der Waals surface area (Å²) in [5, 5.41) is 18.3. The second kappa shape index (κ2) is 6.42. The third kappa shape index (κ3) is 3.00. The third-order valence-electron chi connectivity index (χ3n) is 3.31. The summed E-state index contributed by atoms with van der Waals surface area (Å²) in [6.07, 6.45) is 0.708. The Morgan fingerprint density at radius 2 is 2.23 bits per heavy atom. The molecule has 0 aliphatic heterocycles. The van der Waals surface area contributed by atoms with Gasteiger partial charge in [0.05, 0.1) is 29.4 Å². The molecule has 7 nitrogen and oxygen atoms in total. The summed E-state index contributed by atoms with van der Waals surface area (Å²) in [6, 6.07) is 3.42. The second-order valence-electron chi connectivity index (χ2n) is 4.68. The van der Waals surface area contributed by atoms with Crippen LogP contribution in [0.25, 0.3) is 0 Å². The van der Waals surface area contributed by atoms with Crippen molar-refractivity contribution in [2.24, 2.45) is 7.05 Å². The fourth-order valence-corrected chi connectivity index (χ4v) is 2.31. The standard InChI is InChI=1S/C14H17FN4O3/c1-4-11-10(14(22-3)18(2)17-11)8-16-12-6-5-9(15)7-13(12)19(20)21/h5-7,16H,4,8H2,1-3H3. The average Bonchev–Trinajstić information content (AvgIpc) is 2.80. The van der Waals surface area contributed by atoms with Crippen molar-refractivity contribution in [3.8, 4) is 5.88 Å². The lowest BCUT2D eigenvalue weighted by Gasteiger charge is -2.09. The minimum atomic E-state index is -0.648. The molecule has 0 atom stereocenters. The van der Waals surface area contributed by atoms with Crippen LogP contribution in [-0.4, -0.2) is 21.8 Å². The summed E-state index contributed by atoms with van der Waals surface area (Å²) in [7, 11) is 3.31. The van der Waals surface area contributed by atoms with Gasteiger partial charge in [-0.2, -0.15) is 5.10 Å². The molecule has 0 aliphatic carbocycles. The molecule has 0 saturated carbocycles. The number of rotatable bonds is 6. The smallest absolute Gasteiger partial charge is 0.295 e. The van der Waals surface area contributed by atoms with Crippen molar-refractivity contribution in [2.45, 2.75) is 19.9 Å². The molecule has 0 unspecified atom stereocenters. The lowest BCUT2D eigenvalue weighted by Crippen LogP contribution is -2.05. The van der Waals surface area contributed by atoms with E-state index in [1.807, 2.05) is 6.92 Å². The number of nitro benzene ring substituents is 1. The van der Waals surface area contributed by atoms with E-state index in [0.29, 0.717) is 18.8 Å². The van der Waals surface area contributed by atoms with Gasteiger partial charge in [-0.15, -0.1) is 0 Å². The van der Waals surface area contributed by atoms with Gasteiger partial charge in [-0.25, -0.2) is 9.07 Å². The summed E-state index contributed by atoms with van der Waals surface area (Å²) in [4.78, 5) is 10.4. The molecule has 2 aromatic rings. The number of ether oxygens (including phenoxy) is 1. The molecule has 2 rings (SSSR count). The first-order valence-electron chi connectivity index (χ1n) is 6.74. The van der Waals surface area contributed by atoms with Crippen LogP contribution in [0.2, 0.25) is 0 Å². The van der Waals surface area contributed by atoms with Crippen LogP contribution in [0.4, 0.5) is 15.8 Å². The Morgan fingerprint density at radius 3 is 2.82 bits per heavy atom. The summed E-state index contributed by atoms with van der Waals surface area (Å²) < 4.78 is 20.1. The van der Waals surface area contributed by atoms with E-state index in [-0.39, 0.29) is 11.4 Å². The molecule has 0 saturated heterocycles. The zero-order chi connectivity index (χ0) is 16.3. The van der Waals surface area contributed by atoms with Crippen molar-refractivity contribution in [3.05, 3.63) is 45.4 Å². The molecule has 0 bridgehead atoms. The minimum absolute atomic E-state index is 0.249. The highest BCUT2D eigenvalue weighted by Crippen LogP contribution is 2.28. The molecule has 0 radical (unpaired) electrons. The molecule has 0 fully saturated rings. The van der Waals surface area contributed by atoms with Crippen LogP contribution in [-0.2, 0) is 20.0 Å². The lowest BCUT2D eigenvalue weighted by molar-refractivity contribution is -0.384. The van der Waals surface area contributed by atoms with E-state index in [0.717, 1.165) is 17.3 Å². The van der Waals surface area contributed by atoms with E-state index in [2.05, 4.69) is 10.4 Å². The monoisotopic (exact) mass is 308 g/mol. The average molecular weight is 308 g/mol. The Bertz CT molecular complexity index is 700. The topological polar surface area (TPSA) is 82.2 Å². The van der Waals surface area contributed by atoms with Gasteiger partial charge in [-0.05, 0) is 18.6 Å². The number of anilines is 1. The van der Waals surface area contributed by atoms with Crippen molar-refractivity contribution >= 4 is 11.4 Å². The summed E-state index contributed by atoms with van der Waals surface area (Å²) in [5.74, 6) is -0.0560. The van der Waals surface area contributed by atoms with Crippen molar-refractivity contribution in [1.82, 2.24) is 9.78 Å². The highest BCUT2D eigenvalue weighted by Gasteiger charge is 2.18. The van der Waals surface area contributed by atoms with Crippen molar-refractivity contribution < 1.29 is 14.1 Å². The van der Waals surface area contributed by atoms with Crippen molar-refractivity contribution in [1.29, 1.82) is 0 Å². The first kappa shape index (κ1) is 15.7. The fourth-order valence-electron chi connectivity index (χ4n) is 2.31. The van der Waals surface area contributed by atoms with Crippen LogP contribution < -0.4 is 10.1 Å². The van der Waals surface area contributed by atoms with Gasteiger partial charge in [0.25, 0.3) is 5.69 Å². The molecule has 1 aromatic carbocycles. The van der Waals surface area contributed by atoms with Crippen LogP contribution in [0.1, 0.15) is 18.2 Å². The quantitative estimate of drug-likeness (QED) is 0.655. The van der Waals surface area contributed by atoms with E-state index >= 15 is 0 Å². The Kier molecular flexibility index (Phi) is 4.59. The Labute approximate surface area is 126 Å². The first-order chi connectivity index (χ1) is 10.5. The zero-order valence-electron chi connectivity index (χ0n) is 12.6. The number of aryl methyl sites for hydroxylation is 2. The van der Waals surface area contributed by atoms with Crippen LogP contribution in [0.3, 0.4) is 0 Å². The number of aromatic nitrogens is 2. The number of nitro groups is 1. The van der Waals surface area contributed by atoms with Crippen LogP contribution in [0.15, 0.2) is 18.2 Å². The Hall–Kier alpha value is -2.64. The maximum absolute atomic E-state index is 13.1. The zero-order valence-corrected chi connectivity index (χ0v) is 12.6. The molecule has 1 aromatic heterocycles. The fraction of sp³-hybridized carbons (Fsp3) is 0.357. The molecule has 1 N–H and O–H groups in total. The van der Waals surface area contributed by atoms with Crippen LogP contribution >= 0.6 is 0 Å². The number of benzene rings is 1. The molecule has 22 heavy (non-hydrogen) atoms. The second-order valence-corrected chi connectivity index (χ2v) is 4.68. The van der Waals surface area contributed by atoms with E-state index < -0.39 is 10.7 Å². The van der Waals surface area contributed by atoms with Gasteiger partial charge in [-0.1, -0.05) is 6.92 Å². The van der Waals surface area contributed by atoms with Crippen LogP contribution in [0, 0.1) is 15.9 Å². The molecule has 0 amide bonds. The number of halogens is 1. The minimum Gasteiger partial charge on any atom is -0.481 e. The van der Waals surface area contributed by atoms with Gasteiger partial charge < -0.3 is 10.1 Å². The van der Waals surface area contributed by atoms with Gasteiger partial charge >= 0.3 is 0 Å². The molecule has 8 heteroatoms. The van der Waals surface area contributed by atoms with Gasteiger partial charge in [0, 0.05) is 13.6 Å². The number of hydrogen-bond donors (Lipinski definition) is 1. The van der Waals surface area contributed by atoms with Crippen LogP contribution in [0.5, 0.6) is 5.88 Å². The maximum atomic E-state index is 13.1. The number of nitrogens with zero attached hydrogens (tertiary/aromatic N) is 3. The molecule has 0 aliphatic rings. The number of nitrogens with one attached hydrogen (secondary N) is 1. The molecule has 0 spiro atoms. The highest BCUT2D eigenvalue weighted by molar-refractivity contribution is 5.61. The highest BCUT2D eigenvalue weighted by atomic mass is 19.1. The van der Waals surface area contributed by atoms with Gasteiger partial charge in [0.15, 0.2) is 0 Å². The Balaban J connectivity index is 2.29. The van der Waals surface area contributed by atoms with Crippen molar-refractivity contribution in [3.63, 3.8) is 0 Å². The number of hydrogen-bond acceptors (Lipinski definition) is 5. The normalized spacial score (nSPS) is 10.5. The summed E-state index contributed by atoms with van der Waals surface area (Å²) >= 11 is 0. The third-order valence-corrected chi connectivity index (χ3v) is 3.31. The van der Waals surface area contributed by atoms with Crippen molar-refractivity contribution in [2.75, 3.05) is 12.4 Å². The lowest BCUT2D eigenvalue weighted by atomic mass is 10.2. The predicted octanol–water partition coefficient (Wildman–Crippen LogP) is 2.65. The molecular weight excluding hydrogens is 291 g/mol. The van der Waals surface area contributed by atoms with E-state index in [1.165, 1.54) is 12.1 Å². The van der Waals surface area contributed by atoms with E-state index in [9.17, 15) is 14.5 Å². The predicted molar refractivity (Wildman–Crippen MR) is 79.5 cm³/mol. The van der Waals surface area contributed by atoms with Gasteiger partial charge in [0.1, 0.15) is 11.5 Å². The first-order valence-corrected chi connectivity index (χ1v) is 6.74. The van der Waals surface area contributed by atoms with Gasteiger partial charge in [-0.3, -0.25) is 10.1 Å². The molecular formula is C14H17FN4O3. The van der Waals surface area contributed by atoms with E-state index in [1.54, 1.807) is 18.8 Å². The largest absolute Gasteiger partial charge is 0.481 e. The number of methoxy groups -OCH3 is 1. The maximum Gasteiger partial charge on any atom is 0.295 e. The summed E-state index contributed by atoms with van der Waals surface area (Å²) in [5.41, 5.74) is 1.61. The molecule has 1 heterocycles. The Morgan fingerprint density at radius 1 is 1.50 bits per heavy atom. The molecule has 118 valence electrons. The SMILES string of the molecule is CCc1nn(C)c(OC)c1CNc1ccc(F)cc1[N+](=O)[O-]. The summed E-state index contributed by atoms with van der Waals surface area (Å²) in [6.45, 7) is 2.26. The van der Waals surface area contributed by atoms with Gasteiger partial charge in [0.2, 0.25) is 5.88 Å². The van der Waals surface area contributed by atoms with E-state index in [4.69, 9.17) is 4.74 Å².